The van der Waals surface area contributed by atoms with Crippen molar-refractivity contribution in [2.75, 3.05) is 11.5 Å². The van der Waals surface area contributed by atoms with Crippen LogP contribution < -0.4 is 51.4 Å². The molecule has 1 saturated heterocycles. The number of nitrogen functional groups attached to an aromatic ring is 1. The number of aliphatic carboxylic acids is 1. The molecular formula is C16H12ClN8NaO5S3. The molecule has 172 valence electrons. The molecular weight excluding hydrogens is 539 g/mol. The Balaban J connectivity index is 0.00000408. The molecule has 1 fully saturated rings. The first-order chi connectivity index (χ1) is 15.7. The van der Waals surface area contributed by atoms with Crippen LogP contribution in [0.5, 0.6) is 0 Å². The number of halogens is 1. The number of nitrogens with two attached hydrogens (primary N) is 2. The molecule has 34 heavy (non-hydrogen) atoms. The Kier molecular flexibility index (Phi) is 9.82. The number of fused-ring (bicyclic) bond motifs is 1. The van der Waals surface area contributed by atoms with Crippen LogP contribution in [-0.2, 0) is 14.4 Å². The summed E-state index contributed by atoms with van der Waals surface area (Å²) in [6.07, 6.45) is 2.81. The number of carboxylic acid groups (broad SMARTS) is 1. The predicted molar refractivity (Wildman–Crippen MR) is 121 cm³/mol. The first kappa shape index (κ1) is 28.0. The number of carboxylic acids is 1. The van der Waals surface area contributed by atoms with Crippen LogP contribution in [0.25, 0.3) is 0 Å². The molecule has 0 bridgehead atoms. The van der Waals surface area contributed by atoms with E-state index in [1.165, 1.54) is 29.4 Å². The number of nitrogens with one attached hydrogen (secondary N) is 1. The summed E-state index contributed by atoms with van der Waals surface area (Å²) < 4.78 is 0.0152. The first-order valence-corrected chi connectivity index (χ1v) is 11.7. The van der Waals surface area contributed by atoms with Gasteiger partial charge in [0.2, 0.25) is 6.19 Å². The molecule has 0 aliphatic carbocycles. The third-order valence-electron chi connectivity index (χ3n) is 4.18. The Morgan fingerprint density at radius 3 is 2.76 bits per heavy atom. The zero-order valence-corrected chi connectivity index (χ0v) is 22.3. The summed E-state index contributed by atoms with van der Waals surface area (Å²) in [5, 5.41) is 35.5. The van der Waals surface area contributed by atoms with Gasteiger partial charge in [-0.3, -0.25) is 14.5 Å². The number of anilines is 1. The minimum absolute atomic E-state index is 0. The van der Waals surface area contributed by atoms with E-state index in [0.717, 1.165) is 28.0 Å². The number of amides is 2. The summed E-state index contributed by atoms with van der Waals surface area (Å²) in [7, 11) is 0. The normalized spacial score (nSPS) is 20.4. The zero-order chi connectivity index (χ0) is 24.3. The molecule has 3 heterocycles. The van der Waals surface area contributed by atoms with Crippen molar-refractivity contribution in [3.8, 4) is 6.19 Å². The van der Waals surface area contributed by atoms with Crippen LogP contribution >= 0.6 is 46.5 Å². The number of rotatable bonds is 7. The van der Waals surface area contributed by atoms with Gasteiger partial charge in [0.1, 0.15) is 27.3 Å². The minimum atomic E-state index is -1.57. The Bertz CT molecular complexity index is 1190. The zero-order valence-electron chi connectivity index (χ0n) is 17.1. The van der Waals surface area contributed by atoms with Crippen LogP contribution in [0.4, 0.5) is 5.13 Å². The molecule has 6 N–H and O–H groups in total. The number of aliphatic imine (C=N–C) groups is 1. The molecule has 2 aliphatic heterocycles. The van der Waals surface area contributed by atoms with Gasteiger partial charge in [0, 0.05) is 10.7 Å². The van der Waals surface area contributed by atoms with Gasteiger partial charge in [-0.1, -0.05) is 39.9 Å². The standard InChI is InChI=1S/C16H13ClN8O5S3.Na/c17-11-7(23-16(20)33-11)8(24-30)12(26)22-9-13(27)25-10(15(28)29)5(3-32-14(9)25)31-2-1-6(19)21-4-18;/h1-2,9,14,30H,3H2,(H2,19,21)(H2,20,23)(H,22,26)(H,28,29);/q;+1/p-1/b2-1?,24-8-;/t9?,14-;/m1./s1. The maximum atomic E-state index is 12.7. The molecule has 1 aromatic heterocycles. The van der Waals surface area contributed by atoms with E-state index >= 15 is 0 Å². The predicted octanol–water partition coefficient (Wildman–Crippen LogP) is -3.99. The summed E-state index contributed by atoms with van der Waals surface area (Å²) in [4.78, 5) is 45.4. The van der Waals surface area contributed by atoms with Crippen molar-refractivity contribution in [1.29, 1.82) is 5.26 Å². The second-order valence-corrected chi connectivity index (χ2v) is 9.84. The number of β-lactam (4-membered cyclic amide) rings is 1. The van der Waals surface area contributed by atoms with Crippen LogP contribution in [-0.4, -0.2) is 61.6 Å². The first-order valence-electron chi connectivity index (χ1n) is 8.59. The third kappa shape index (κ3) is 5.68. The van der Waals surface area contributed by atoms with Crippen LogP contribution in [0.3, 0.4) is 0 Å². The fraction of sp³-hybridized carbons (Fsp3) is 0.188. The average Bonchev–Trinajstić information content (AvgIpc) is 3.09. The molecule has 13 nitrogen and oxygen atoms in total. The number of carbonyl (C=O) groups excluding carboxylic acids is 3. The second kappa shape index (κ2) is 11.9. The number of oxime groups is 1. The summed E-state index contributed by atoms with van der Waals surface area (Å²) >= 11 is 8.98. The van der Waals surface area contributed by atoms with Gasteiger partial charge in [0.15, 0.2) is 10.8 Å². The number of thiazole rings is 1. The fourth-order valence-electron chi connectivity index (χ4n) is 2.83. The van der Waals surface area contributed by atoms with E-state index in [1.807, 2.05) is 0 Å². The number of hydrogen-bond donors (Lipinski definition) is 4. The average molecular weight is 551 g/mol. The minimum Gasteiger partial charge on any atom is -0.543 e. The quantitative estimate of drug-likeness (QED) is 0.0487. The monoisotopic (exact) mass is 550 g/mol. The van der Waals surface area contributed by atoms with E-state index in [-0.39, 0.29) is 62.0 Å². The number of hydrogen-bond acceptors (Lipinski definition) is 13. The smallest absolute Gasteiger partial charge is 0.543 e. The number of thioether (sulfide) groups is 2. The maximum Gasteiger partial charge on any atom is 1.00 e. The summed E-state index contributed by atoms with van der Waals surface area (Å²) in [5.74, 6) is -3.11. The van der Waals surface area contributed by atoms with Gasteiger partial charge < -0.3 is 31.9 Å². The van der Waals surface area contributed by atoms with Crippen LogP contribution in [0, 0.1) is 11.5 Å². The Morgan fingerprint density at radius 1 is 1.50 bits per heavy atom. The van der Waals surface area contributed by atoms with Crippen molar-refractivity contribution in [2.45, 2.75) is 11.4 Å². The molecule has 0 radical (unpaired) electrons. The number of amidine groups is 1. The number of carbonyl (C=O) groups is 3. The molecule has 1 unspecified atom stereocenters. The SMILES string of the molecule is N#CN=C(N)C=CSC1=C(C(=O)[O-])N2C(=O)C(NC(=O)/C(=N\O)c3nc(N)sc3Cl)[C@H]2SC1.[Na+]. The van der Waals surface area contributed by atoms with Gasteiger partial charge >= 0.3 is 29.6 Å². The maximum absolute atomic E-state index is 12.7. The molecule has 0 spiro atoms. The van der Waals surface area contributed by atoms with E-state index in [4.69, 9.17) is 28.3 Å². The van der Waals surface area contributed by atoms with Crippen molar-refractivity contribution < 1.29 is 54.3 Å². The van der Waals surface area contributed by atoms with Crippen LogP contribution in [0.1, 0.15) is 5.69 Å². The summed E-state index contributed by atoms with van der Waals surface area (Å²) in [6, 6.07) is -1.09. The summed E-state index contributed by atoms with van der Waals surface area (Å²) in [6.45, 7) is 0. The molecule has 0 saturated carbocycles. The van der Waals surface area contributed by atoms with Crippen LogP contribution in [0.15, 0.2) is 32.2 Å². The molecule has 2 amide bonds. The topological polar surface area (TPSA) is 223 Å². The Morgan fingerprint density at radius 2 is 2.21 bits per heavy atom. The van der Waals surface area contributed by atoms with Crippen molar-refractivity contribution in [3.05, 3.63) is 32.1 Å². The molecule has 18 heteroatoms. The molecule has 1 aromatic rings. The van der Waals surface area contributed by atoms with Crippen molar-refractivity contribution >= 4 is 80.9 Å². The van der Waals surface area contributed by atoms with Gasteiger partial charge in [0.25, 0.3) is 11.8 Å². The van der Waals surface area contributed by atoms with E-state index in [1.54, 1.807) is 0 Å². The Labute approximate surface area is 231 Å². The van der Waals surface area contributed by atoms with Gasteiger partial charge in [-0.15, -0.1) is 11.8 Å². The second-order valence-electron chi connectivity index (χ2n) is 6.10. The molecule has 0 aromatic carbocycles. The van der Waals surface area contributed by atoms with E-state index < -0.39 is 34.9 Å². The van der Waals surface area contributed by atoms with Gasteiger partial charge in [-0.2, -0.15) is 10.3 Å². The van der Waals surface area contributed by atoms with Crippen LogP contribution in [0.2, 0.25) is 4.34 Å². The van der Waals surface area contributed by atoms with E-state index in [0.29, 0.717) is 4.91 Å². The fourth-order valence-corrected chi connectivity index (χ4v) is 6.09. The molecule has 2 aliphatic rings. The summed E-state index contributed by atoms with van der Waals surface area (Å²) in [5.41, 5.74) is 9.95. The largest absolute Gasteiger partial charge is 1.00 e. The molecule has 2 atom stereocenters. The number of aromatic nitrogens is 1. The van der Waals surface area contributed by atoms with Crippen molar-refractivity contribution in [1.82, 2.24) is 15.2 Å². The third-order valence-corrected chi connectivity index (χ3v) is 7.62. The van der Waals surface area contributed by atoms with Gasteiger partial charge in [-0.05, 0) is 11.5 Å². The van der Waals surface area contributed by atoms with Gasteiger partial charge in [-0.25, -0.2) is 4.98 Å². The van der Waals surface area contributed by atoms with Crippen molar-refractivity contribution in [2.24, 2.45) is 15.9 Å². The van der Waals surface area contributed by atoms with E-state index in [9.17, 15) is 24.7 Å². The van der Waals surface area contributed by atoms with E-state index in [2.05, 4.69) is 20.4 Å². The number of nitriles is 1. The number of nitrogens with zero attached hydrogens (tertiary/aromatic N) is 5. The Hall–Kier alpha value is -2.26. The molecule has 3 rings (SSSR count). The van der Waals surface area contributed by atoms with Gasteiger partial charge in [0.05, 0.1) is 11.7 Å². The van der Waals surface area contributed by atoms with Crippen molar-refractivity contribution in [3.63, 3.8) is 0 Å².